The number of rotatable bonds is 7. The average Bonchev–Trinajstić information content (AvgIpc) is 3.27. The van der Waals surface area contributed by atoms with Crippen molar-refractivity contribution in [3.8, 4) is 0 Å². The Morgan fingerprint density at radius 1 is 1.09 bits per heavy atom. The van der Waals surface area contributed by atoms with Gasteiger partial charge < -0.3 is 20.1 Å². The Labute approximate surface area is 193 Å². The molecule has 2 N–H and O–H groups in total. The highest BCUT2D eigenvalue weighted by atomic mass is 32.1. The second-order valence-corrected chi connectivity index (χ2v) is 8.26. The number of nitrogens with zero attached hydrogens (tertiary/aromatic N) is 1. The largest absolute Gasteiger partial charge is 0.465 e. The highest BCUT2D eigenvalue weighted by Crippen LogP contribution is 2.35. The zero-order chi connectivity index (χ0) is 24.3. The molecule has 0 saturated carbocycles. The molecule has 1 atom stereocenters. The first kappa shape index (κ1) is 23.9. The van der Waals surface area contributed by atoms with Gasteiger partial charge in [-0.15, -0.1) is 11.3 Å². The first-order valence-electron chi connectivity index (χ1n) is 9.99. The Morgan fingerprint density at radius 2 is 1.73 bits per heavy atom. The van der Waals surface area contributed by atoms with E-state index in [1.54, 1.807) is 37.3 Å². The highest BCUT2D eigenvalue weighted by molar-refractivity contribution is 7.18. The number of nitrogens with one attached hydrogen (secondary N) is 2. The molecule has 2 aromatic rings. The van der Waals surface area contributed by atoms with E-state index in [1.807, 2.05) is 0 Å². The number of amides is 4. The Kier molecular flexibility index (Phi) is 6.82. The summed E-state index contributed by atoms with van der Waals surface area (Å²) in [5, 5.41) is 5.27. The number of carbonyl (C=O) groups is 5. The van der Waals surface area contributed by atoms with Crippen molar-refractivity contribution in [2.24, 2.45) is 0 Å². The fourth-order valence-corrected chi connectivity index (χ4v) is 4.81. The van der Waals surface area contributed by atoms with Gasteiger partial charge in [0.2, 0.25) is 5.91 Å². The maximum absolute atomic E-state index is 13.2. The van der Waals surface area contributed by atoms with Gasteiger partial charge in [0.1, 0.15) is 22.0 Å². The smallest absolute Gasteiger partial charge is 0.348 e. The number of ether oxygens (including phenoxy) is 2. The summed E-state index contributed by atoms with van der Waals surface area (Å²) >= 11 is 0.840. The van der Waals surface area contributed by atoms with Crippen LogP contribution in [0.4, 0.5) is 9.80 Å². The van der Waals surface area contributed by atoms with Crippen LogP contribution in [-0.4, -0.2) is 55.4 Å². The lowest BCUT2D eigenvalue weighted by Crippen LogP contribution is -2.44. The molecule has 1 aliphatic heterocycles. The molecule has 1 fully saturated rings. The van der Waals surface area contributed by atoms with Gasteiger partial charge in [0.15, 0.2) is 0 Å². The molecule has 1 aromatic carbocycles. The molecule has 4 amide bonds. The van der Waals surface area contributed by atoms with Crippen LogP contribution < -0.4 is 10.6 Å². The van der Waals surface area contributed by atoms with E-state index in [0.717, 1.165) is 16.2 Å². The van der Waals surface area contributed by atoms with E-state index in [0.29, 0.717) is 12.0 Å². The molecule has 1 aromatic heterocycles. The number of carbonyl (C=O) groups excluding carboxylic acids is 5. The van der Waals surface area contributed by atoms with Gasteiger partial charge in [-0.05, 0) is 24.5 Å². The van der Waals surface area contributed by atoms with Crippen LogP contribution in [-0.2, 0) is 24.6 Å². The van der Waals surface area contributed by atoms with Crippen LogP contribution in [0.5, 0.6) is 0 Å². The molecule has 0 radical (unpaired) electrons. The molecule has 0 aliphatic carbocycles. The summed E-state index contributed by atoms with van der Waals surface area (Å²) in [7, 11) is 2.37. The lowest BCUT2D eigenvalue weighted by molar-refractivity contribution is -0.134. The van der Waals surface area contributed by atoms with Gasteiger partial charge in [-0.25, -0.2) is 14.4 Å². The topological polar surface area (TPSA) is 131 Å². The zero-order valence-electron chi connectivity index (χ0n) is 18.5. The third-order valence-corrected chi connectivity index (χ3v) is 6.62. The lowest BCUT2D eigenvalue weighted by Gasteiger charge is -2.25. The maximum atomic E-state index is 13.2. The van der Waals surface area contributed by atoms with Crippen LogP contribution in [0.25, 0.3) is 0 Å². The minimum atomic E-state index is -1.27. The predicted octanol–water partition coefficient (Wildman–Crippen LogP) is 2.43. The van der Waals surface area contributed by atoms with Crippen molar-refractivity contribution in [2.45, 2.75) is 25.8 Å². The Balaban J connectivity index is 1.85. The summed E-state index contributed by atoms with van der Waals surface area (Å²) in [4.78, 5) is 63.8. The second kappa shape index (κ2) is 9.41. The molecular formula is C22H23N3O7S. The molecular weight excluding hydrogens is 450 g/mol. The minimum absolute atomic E-state index is 0.000593. The van der Waals surface area contributed by atoms with Crippen LogP contribution in [0.1, 0.15) is 44.5 Å². The average molecular weight is 474 g/mol. The van der Waals surface area contributed by atoms with Crippen molar-refractivity contribution >= 4 is 46.1 Å². The molecule has 0 spiro atoms. The third-order valence-electron chi connectivity index (χ3n) is 5.43. The van der Waals surface area contributed by atoms with Gasteiger partial charge in [-0.2, -0.15) is 0 Å². The molecule has 10 nitrogen and oxygen atoms in total. The maximum Gasteiger partial charge on any atom is 0.348 e. The summed E-state index contributed by atoms with van der Waals surface area (Å²) in [6.45, 7) is 2.71. The molecule has 3 rings (SSSR count). The molecule has 1 unspecified atom stereocenters. The minimum Gasteiger partial charge on any atom is -0.465 e. The van der Waals surface area contributed by atoms with E-state index in [1.165, 1.54) is 21.1 Å². The summed E-state index contributed by atoms with van der Waals surface area (Å²) in [6, 6.07) is 8.07. The molecule has 33 heavy (non-hydrogen) atoms. The fourth-order valence-electron chi connectivity index (χ4n) is 3.68. The SMILES string of the molecule is CCC1(c2ccccc2)NC(=O)N(CC(=O)Nc2sc(C(=O)OC)c(C)c2C(=O)OC)C1=O. The van der Waals surface area contributed by atoms with Gasteiger partial charge in [0.05, 0.1) is 19.8 Å². The van der Waals surface area contributed by atoms with E-state index in [9.17, 15) is 24.0 Å². The van der Waals surface area contributed by atoms with Gasteiger partial charge in [-0.1, -0.05) is 37.3 Å². The number of methoxy groups -OCH3 is 2. The molecule has 0 bridgehead atoms. The highest BCUT2D eigenvalue weighted by Gasteiger charge is 2.51. The van der Waals surface area contributed by atoms with Gasteiger partial charge in [-0.3, -0.25) is 14.5 Å². The summed E-state index contributed by atoms with van der Waals surface area (Å²) < 4.78 is 9.48. The number of esters is 2. The summed E-state index contributed by atoms with van der Waals surface area (Å²) in [5.41, 5.74) is -0.370. The van der Waals surface area contributed by atoms with Crippen LogP contribution in [0, 0.1) is 6.92 Å². The van der Waals surface area contributed by atoms with E-state index in [2.05, 4.69) is 10.6 Å². The number of imide groups is 1. The Bertz CT molecular complexity index is 1130. The monoisotopic (exact) mass is 473 g/mol. The van der Waals surface area contributed by atoms with E-state index < -0.39 is 41.9 Å². The van der Waals surface area contributed by atoms with Crippen LogP contribution in [0.3, 0.4) is 0 Å². The van der Waals surface area contributed by atoms with E-state index in [-0.39, 0.29) is 21.0 Å². The van der Waals surface area contributed by atoms with Crippen molar-refractivity contribution in [3.63, 3.8) is 0 Å². The first-order chi connectivity index (χ1) is 15.7. The quantitative estimate of drug-likeness (QED) is 0.466. The van der Waals surface area contributed by atoms with Gasteiger partial charge in [0.25, 0.3) is 5.91 Å². The Morgan fingerprint density at radius 3 is 2.30 bits per heavy atom. The van der Waals surface area contributed by atoms with Crippen LogP contribution in [0.2, 0.25) is 0 Å². The van der Waals surface area contributed by atoms with Crippen LogP contribution >= 0.6 is 11.3 Å². The number of hydrogen-bond donors (Lipinski definition) is 2. The number of thiophene rings is 1. The predicted molar refractivity (Wildman–Crippen MR) is 119 cm³/mol. The summed E-state index contributed by atoms with van der Waals surface area (Å²) in [5.74, 6) is -2.70. The van der Waals surface area contributed by atoms with Crippen molar-refractivity contribution in [2.75, 3.05) is 26.1 Å². The Hall–Kier alpha value is -3.73. The number of urea groups is 1. The van der Waals surface area contributed by atoms with Gasteiger partial charge in [0, 0.05) is 0 Å². The van der Waals surface area contributed by atoms with E-state index in [4.69, 9.17) is 9.47 Å². The normalized spacial score (nSPS) is 17.5. The molecule has 11 heteroatoms. The number of hydrogen-bond acceptors (Lipinski definition) is 8. The first-order valence-corrected chi connectivity index (χ1v) is 10.8. The third kappa shape index (κ3) is 4.19. The molecule has 1 saturated heterocycles. The number of anilines is 1. The van der Waals surface area contributed by atoms with Crippen molar-refractivity contribution in [1.29, 1.82) is 0 Å². The van der Waals surface area contributed by atoms with Gasteiger partial charge >= 0.3 is 18.0 Å². The lowest BCUT2D eigenvalue weighted by atomic mass is 9.87. The van der Waals surface area contributed by atoms with E-state index >= 15 is 0 Å². The van der Waals surface area contributed by atoms with Crippen molar-refractivity contribution in [3.05, 3.63) is 51.9 Å². The zero-order valence-corrected chi connectivity index (χ0v) is 19.3. The fraction of sp³-hybridized carbons (Fsp3) is 0.318. The molecule has 2 heterocycles. The summed E-state index contributed by atoms with van der Waals surface area (Å²) in [6.07, 6.45) is 0.290. The second-order valence-electron chi connectivity index (χ2n) is 7.24. The van der Waals surface area contributed by atoms with Crippen molar-refractivity contribution < 1.29 is 33.4 Å². The molecule has 174 valence electrons. The van der Waals surface area contributed by atoms with Crippen LogP contribution in [0.15, 0.2) is 30.3 Å². The number of benzene rings is 1. The standard InChI is InChI=1S/C22H23N3O7S/c1-5-22(13-9-7-6-8-10-13)20(29)25(21(30)24-22)11-14(26)23-17-15(18(27)31-3)12(2)16(33-17)19(28)32-4/h6-10H,5,11H2,1-4H3,(H,23,26)(H,24,30). The van der Waals surface area contributed by atoms with Crippen molar-refractivity contribution in [1.82, 2.24) is 10.2 Å². The molecule has 1 aliphatic rings.